The van der Waals surface area contributed by atoms with E-state index in [1.807, 2.05) is 0 Å². The van der Waals surface area contributed by atoms with Crippen molar-refractivity contribution in [3.63, 3.8) is 0 Å². The van der Waals surface area contributed by atoms with Gasteiger partial charge in [-0.3, -0.25) is 0 Å². The van der Waals surface area contributed by atoms with Gasteiger partial charge in [-0.1, -0.05) is 13.3 Å². The average molecular weight is 162 g/mol. The van der Waals surface area contributed by atoms with Crippen LogP contribution in [0, 0.1) is 5.92 Å². The van der Waals surface area contributed by atoms with Crippen molar-refractivity contribution in [2.45, 2.75) is 26.2 Å². The molecule has 0 saturated carbocycles. The smallest absolute Gasteiger partial charge is 0.150 e. The van der Waals surface area contributed by atoms with E-state index >= 15 is 0 Å². The van der Waals surface area contributed by atoms with E-state index in [4.69, 9.17) is 0 Å². The number of hydrogen-bond acceptors (Lipinski definition) is 2. The van der Waals surface area contributed by atoms with Crippen molar-refractivity contribution >= 4 is 9.84 Å². The average Bonchev–Trinajstić information content (AvgIpc) is 1.86. The second-order valence-electron chi connectivity index (χ2n) is 3.03. The first kappa shape index (κ1) is 8.05. The minimum atomic E-state index is -2.64. The second-order valence-corrected chi connectivity index (χ2v) is 5.26. The molecule has 1 aliphatic rings. The minimum absolute atomic E-state index is 0.420. The van der Waals surface area contributed by atoms with Crippen molar-refractivity contribution in [2.75, 3.05) is 11.5 Å². The van der Waals surface area contributed by atoms with Crippen LogP contribution in [-0.4, -0.2) is 19.9 Å². The van der Waals surface area contributed by atoms with Crippen molar-refractivity contribution in [1.29, 1.82) is 0 Å². The SMILES string of the molecule is CCC1CCCS(=O)(=O)C1. The van der Waals surface area contributed by atoms with Crippen LogP contribution in [-0.2, 0) is 9.84 Å². The number of sulfone groups is 1. The zero-order valence-electron chi connectivity index (χ0n) is 6.34. The van der Waals surface area contributed by atoms with E-state index in [1.165, 1.54) is 0 Å². The third kappa shape index (κ3) is 1.97. The van der Waals surface area contributed by atoms with E-state index in [1.54, 1.807) is 0 Å². The molecule has 0 aromatic heterocycles. The molecule has 0 N–H and O–H groups in total. The monoisotopic (exact) mass is 162 g/mol. The molecule has 0 amide bonds. The molecule has 0 aromatic carbocycles. The molecule has 60 valence electrons. The quantitative estimate of drug-likeness (QED) is 0.581. The van der Waals surface area contributed by atoms with Gasteiger partial charge in [0.1, 0.15) is 0 Å². The lowest BCUT2D eigenvalue weighted by Gasteiger charge is -2.19. The summed E-state index contributed by atoms with van der Waals surface area (Å²) in [4.78, 5) is 0. The van der Waals surface area contributed by atoms with Crippen molar-refractivity contribution in [3.05, 3.63) is 0 Å². The molecule has 0 aliphatic carbocycles. The number of rotatable bonds is 1. The predicted octanol–water partition coefficient (Wildman–Crippen LogP) is 1.22. The minimum Gasteiger partial charge on any atom is -0.229 e. The summed E-state index contributed by atoms with van der Waals surface area (Å²) in [5.41, 5.74) is 0. The van der Waals surface area contributed by atoms with E-state index in [0.717, 1.165) is 19.3 Å². The molecule has 3 heteroatoms. The molecule has 0 spiro atoms. The molecule has 10 heavy (non-hydrogen) atoms. The summed E-state index contributed by atoms with van der Waals surface area (Å²) in [6.45, 7) is 2.06. The van der Waals surface area contributed by atoms with Crippen LogP contribution in [0.3, 0.4) is 0 Å². The van der Waals surface area contributed by atoms with Crippen LogP contribution < -0.4 is 0 Å². The van der Waals surface area contributed by atoms with Gasteiger partial charge in [-0.05, 0) is 18.8 Å². The third-order valence-electron chi connectivity index (χ3n) is 2.13. The van der Waals surface area contributed by atoms with Crippen molar-refractivity contribution in [3.8, 4) is 0 Å². The highest BCUT2D eigenvalue weighted by Gasteiger charge is 2.22. The highest BCUT2D eigenvalue weighted by atomic mass is 32.2. The molecule has 1 unspecified atom stereocenters. The summed E-state index contributed by atoms with van der Waals surface area (Å²) >= 11 is 0. The molecule has 1 saturated heterocycles. The van der Waals surface area contributed by atoms with Gasteiger partial charge in [-0.2, -0.15) is 0 Å². The van der Waals surface area contributed by atoms with Gasteiger partial charge in [0.25, 0.3) is 0 Å². The summed E-state index contributed by atoms with van der Waals surface area (Å²) in [5.74, 6) is 1.30. The Kier molecular flexibility index (Phi) is 2.34. The standard InChI is InChI=1S/C7H14O2S/c1-2-7-4-3-5-10(8,9)6-7/h7H,2-6H2,1H3. The summed E-state index contributed by atoms with van der Waals surface area (Å²) in [6.07, 6.45) is 3.00. The van der Waals surface area contributed by atoms with Gasteiger partial charge in [-0.15, -0.1) is 0 Å². The maximum absolute atomic E-state index is 11.0. The highest BCUT2D eigenvalue weighted by molar-refractivity contribution is 7.91. The van der Waals surface area contributed by atoms with Crippen LogP contribution in [0.15, 0.2) is 0 Å². The lowest BCUT2D eigenvalue weighted by atomic mass is 10.0. The Morgan fingerprint density at radius 2 is 2.20 bits per heavy atom. The Bertz CT molecular complexity index is 194. The van der Waals surface area contributed by atoms with Gasteiger partial charge in [0.15, 0.2) is 9.84 Å². The summed E-state index contributed by atoms with van der Waals surface area (Å²) < 4.78 is 22.0. The molecule has 0 aromatic rings. The topological polar surface area (TPSA) is 34.1 Å². The molecule has 1 aliphatic heterocycles. The molecular formula is C7H14O2S. The van der Waals surface area contributed by atoms with Crippen LogP contribution in [0.5, 0.6) is 0 Å². The Hall–Kier alpha value is -0.0500. The first-order valence-corrected chi connectivity index (χ1v) is 5.66. The zero-order chi connectivity index (χ0) is 7.61. The van der Waals surface area contributed by atoms with Gasteiger partial charge in [0.2, 0.25) is 0 Å². The van der Waals surface area contributed by atoms with E-state index in [2.05, 4.69) is 6.92 Å². The molecule has 1 fully saturated rings. The van der Waals surface area contributed by atoms with Crippen molar-refractivity contribution in [2.24, 2.45) is 5.92 Å². The van der Waals surface area contributed by atoms with E-state index in [0.29, 0.717) is 17.4 Å². The maximum Gasteiger partial charge on any atom is 0.150 e. The van der Waals surface area contributed by atoms with Crippen LogP contribution in [0.25, 0.3) is 0 Å². The zero-order valence-corrected chi connectivity index (χ0v) is 7.15. The highest BCUT2D eigenvalue weighted by Crippen LogP contribution is 2.20. The molecule has 1 rings (SSSR count). The summed E-state index contributed by atoms with van der Waals surface area (Å²) in [5, 5.41) is 0. The van der Waals surface area contributed by atoms with Gasteiger partial charge in [0, 0.05) is 0 Å². The van der Waals surface area contributed by atoms with E-state index < -0.39 is 9.84 Å². The molecule has 0 radical (unpaired) electrons. The van der Waals surface area contributed by atoms with Gasteiger partial charge < -0.3 is 0 Å². The fourth-order valence-corrected chi connectivity index (χ4v) is 3.33. The third-order valence-corrected chi connectivity index (χ3v) is 4.02. The molecule has 2 nitrogen and oxygen atoms in total. The molecular weight excluding hydrogens is 148 g/mol. The lowest BCUT2D eigenvalue weighted by Crippen LogP contribution is -2.24. The normalized spacial score (nSPS) is 31.9. The van der Waals surface area contributed by atoms with Crippen LogP contribution >= 0.6 is 0 Å². The van der Waals surface area contributed by atoms with Gasteiger partial charge in [-0.25, -0.2) is 8.42 Å². The van der Waals surface area contributed by atoms with Gasteiger partial charge >= 0.3 is 0 Å². The largest absolute Gasteiger partial charge is 0.229 e. The second kappa shape index (κ2) is 2.91. The fraction of sp³-hybridized carbons (Fsp3) is 1.00. The van der Waals surface area contributed by atoms with Crippen LogP contribution in [0.1, 0.15) is 26.2 Å². The molecule has 1 atom stereocenters. The lowest BCUT2D eigenvalue weighted by molar-refractivity contribution is 0.474. The first-order valence-electron chi connectivity index (χ1n) is 3.84. The Labute approximate surface area is 62.5 Å². The van der Waals surface area contributed by atoms with Crippen LogP contribution in [0.4, 0.5) is 0 Å². The number of hydrogen-bond donors (Lipinski definition) is 0. The van der Waals surface area contributed by atoms with Crippen molar-refractivity contribution in [1.82, 2.24) is 0 Å². The first-order chi connectivity index (χ1) is 4.64. The van der Waals surface area contributed by atoms with Crippen LogP contribution in [0.2, 0.25) is 0 Å². The summed E-state index contributed by atoms with van der Waals surface area (Å²) in [7, 11) is -2.64. The van der Waals surface area contributed by atoms with Gasteiger partial charge in [0.05, 0.1) is 11.5 Å². The molecule has 1 heterocycles. The van der Waals surface area contributed by atoms with E-state index in [-0.39, 0.29) is 0 Å². The summed E-state index contributed by atoms with van der Waals surface area (Å²) in [6, 6.07) is 0. The Balaban J connectivity index is 2.56. The van der Waals surface area contributed by atoms with E-state index in [9.17, 15) is 8.42 Å². The predicted molar refractivity (Wildman–Crippen MR) is 41.7 cm³/mol. The van der Waals surface area contributed by atoms with Crippen molar-refractivity contribution < 1.29 is 8.42 Å². The molecule has 0 bridgehead atoms. The maximum atomic E-state index is 11.0. The fourth-order valence-electron chi connectivity index (χ4n) is 1.44. The Morgan fingerprint density at radius 3 is 2.60 bits per heavy atom. The Morgan fingerprint density at radius 1 is 1.50 bits per heavy atom.